The minimum atomic E-state index is -0.587. The maximum absolute atomic E-state index is 13.9. The first-order valence-electron chi connectivity index (χ1n) is 11.3. The summed E-state index contributed by atoms with van der Waals surface area (Å²) in [5.74, 6) is 0.237. The first-order chi connectivity index (χ1) is 16.9. The van der Waals surface area contributed by atoms with E-state index in [1.165, 1.54) is 22.8 Å². The molecule has 1 heterocycles. The van der Waals surface area contributed by atoms with Gasteiger partial charge in [-0.1, -0.05) is 30.7 Å². The molecule has 1 aromatic heterocycles. The summed E-state index contributed by atoms with van der Waals surface area (Å²) < 4.78 is 20.5. The first-order valence-corrected chi connectivity index (χ1v) is 11.7. The molecule has 1 atom stereocenters. The van der Waals surface area contributed by atoms with Crippen LogP contribution in [0.3, 0.4) is 0 Å². The molecule has 6 nitrogen and oxygen atoms in total. The molecular formula is C27H25ClFN3O3. The zero-order valence-corrected chi connectivity index (χ0v) is 20.4. The van der Waals surface area contributed by atoms with Gasteiger partial charge >= 0.3 is 0 Å². The lowest BCUT2D eigenvalue weighted by Gasteiger charge is -2.31. The van der Waals surface area contributed by atoms with E-state index in [0.717, 1.165) is 0 Å². The Kier molecular flexibility index (Phi) is 7.17. The van der Waals surface area contributed by atoms with Crippen molar-refractivity contribution in [3.8, 4) is 11.4 Å². The zero-order chi connectivity index (χ0) is 25.1. The molecule has 1 amide bonds. The van der Waals surface area contributed by atoms with E-state index in [9.17, 15) is 14.0 Å². The van der Waals surface area contributed by atoms with Crippen molar-refractivity contribution in [2.45, 2.75) is 26.3 Å². The second-order valence-electron chi connectivity index (χ2n) is 7.97. The molecule has 0 aliphatic rings. The van der Waals surface area contributed by atoms with Crippen LogP contribution in [-0.2, 0) is 0 Å². The summed E-state index contributed by atoms with van der Waals surface area (Å²) >= 11 is 6.06. The van der Waals surface area contributed by atoms with Crippen molar-refractivity contribution in [3.05, 3.63) is 99.3 Å². The van der Waals surface area contributed by atoms with Crippen molar-refractivity contribution in [3.63, 3.8) is 0 Å². The van der Waals surface area contributed by atoms with E-state index in [1.807, 2.05) is 13.8 Å². The molecule has 0 saturated carbocycles. The molecule has 180 valence electrons. The Balaban J connectivity index is 1.91. The first kappa shape index (κ1) is 24.4. The molecule has 0 N–H and O–H groups in total. The van der Waals surface area contributed by atoms with Crippen LogP contribution in [0.4, 0.5) is 4.39 Å². The molecule has 8 heteroatoms. The molecule has 0 radical (unpaired) electrons. The highest BCUT2D eigenvalue weighted by atomic mass is 35.5. The number of carbonyl (C=O) groups excluding carboxylic acids is 1. The smallest absolute Gasteiger partial charge is 0.266 e. The van der Waals surface area contributed by atoms with Gasteiger partial charge in [0.15, 0.2) is 0 Å². The summed E-state index contributed by atoms with van der Waals surface area (Å²) in [6.45, 7) is 4.19. The van der Waals surface area contributed by atoms with Crippen molar-refractivity contribution in [2.24, 2.45) is 0 Å². The number of methoxy groups -OCH3 is 1. The monoisotopic (exact) mass is 493 g/mol. The number of nitrogens with zero attached hydrogens (tertiary/aromatic N) is 3. The minimum absolute atomic E-state index is 0.108. The number of fused-ring (bicyclic) bond motifs is 1. The van der Waals surface area contributed by atoms with E-state index in [4.69, 9.17) is 21.3 Å². The second-order valence-corrected chi connectivity index (χ2v) is 8.38. The van der Waals surface area contributed by atoms with Gasteiger partial charge in [-0.15, -0.1) is 0 Å². The summed E-state index contributed by atoms with van der Waals surface area (Å²) in [6.07, 6.45) is 0.495. The fraction of sp³-hybridized carbons (Fsp3) is 0.222. The van der Waals surface area contributed by atoms with Crippen molar-refractivity contribution in [1.29, 1.82) is 0 Å². The topological polar surface area (TPSA) is 64.4 Å². The number of carbonyl (C=O) groups is 1. The molecule has 4 aromatic rings. The lowest BCUT2D eigenvalue weighted by molar-refractivity contribution is 0.0672. The van der Waals surface area contributed by atoms with Gasteiger partial charge in [-0.2, -0.15) is 0 Å². The SMILES string of the molecule is CCC(c1nc2ccccc2c(=O)n1-c1ccc(F)c(Cl)c1)N(CC)C(=O)c1ccc(OC)cc1. The van der Waals surface area contributed by atoms with Crippen LogP contribution >= 0.6 is 11.6 Å². The molecule has 0 aliphatic carbocycles. The van der Waals surface area contributed by atoms with Gasteiger partial charge in [0.2, 0.25) is 0 Å². The Labute approximate surface area is 207 Å². The van der Waals surface area contributed by atoms with Crippen LogP contribution in [0.15, 0.2) is 71.5 Å². The van der Waals surface area contributed by atoms with Crippen LogP contribution < -0.4 is 10.3 Å². The van der Waals surface area contributed by atoms with E-state index in [2.05, 4.69) is 0 Å². The van der Waals surface area contributed by atoms with Gasteiger partial charge in [0.05, 0.1) is 34.8 Å². The third kappa shape index (κ3) is 4.64. The number of benzene rings is 3. The number of halogens is 2. The zero-order valence-electron chi connectivity index (χ0n) is 19.7. The number of aromatic nitrogens is 2. The van der Waals surface area contributed by atoms with E-state index in [0.29, 0.717) is 46.7 Å². The molecule has 3 aromatic carbocycles. The molecule has 1 unspecified atom stereocenters. The Hall–Kier alpha value is -3.71. The maximum Gasteiger partial charge on any atom is 0.266 e. The highest BCUT2D eigenvalue weighted by Crippen LogP contribution is 2.29. The maximum atomic E-state index is 13.9. The summed E-state index contributed by atoms with van der Waals surface area (Å²) in [7, 11) is 1.56. The van der Waals surface area contributed by atoms with Gasteiger partial charge in [-0.3, -0.25) is 14.2 Å². The van der Waals surface area contributed by atoms with Crippen LogP contribution in [0, 0.1) is 5.82 Å². The van der Waals surface area contributed by atoms with Crippen molar-refractivity contribution in [2.75, 3.05) is 13.7 Å². The second kappa shape index (κ2) is 10.3. The number of hydrogen-bond acceptors (Lipinski definition) is 4. The Morgan fingerprint density at radius 3 is 2.46 bits per heavy atom. The van der Waals surface area contributed by atoms with Crippen molar-refractivity contribution >= 4 is 28.4 Å². The van der Waals surface area contributed by atoms with Gasteiger partial charge in [0, 0.05) is 12.1 Å². The molecule has 35 heavy (non-hydrogen) atoms. The van der Waals surface area contributed by atoms with Crippen LogP contribution in [-0.4, -0.2) is 34.0 Å². The summed E-state index contributed by atoms with van der Waals surface area (Å²) in [4.78, 5) is 33.7. The fourth-order valence-electron chi connectivity index (χ4n) is 4.19. The van der Waals surface area contributed by atoms with Crippen LogP contribution in [0.5, 0.6) is 5.75 Å². The molecule has 0 fully saturated rings. The highest BCUT2D eigenvalue weighted by molar-refractivity contribution is 6.30. The van der Waals surface area contributed by atoms with Gasteiger partial charge in [-0.05, 0) is 67.9 Å². The van der Waals surface area contributed by atoms with E-state index < -0.39 is 11.9 Å². The Morgan fingerprint density at radius 2 is 1.83 bits per heavy atom. The molecule has 0 aliphatic heterocycles. The average Bonchev–Trinajstić information content (AvgIpc) is 2.88. The fourth-order valence-corrected chi connectivity index (χ4v) is 4.37. The van der Waals surface area contributed by atoms with Crippen LogP contribution in [0.25, 0.3) is 16.6 Å². The quantitative estimate of drug-likeness (QED) is 0.326. The summed E-state index contributed by atoms with van der Waals surface area (Å²) in [5, 5.41) is 0.305. The van der Waals surface area contributed by atoms with Gasteiger partial charge in [-0.25, -0.2) is 9.37 Å². The minimum Gasteiger partial charge on any atom is -0.497 e. The predicted molar refractivity (Wildman–Crippen MR) is 135 cm³/mol. The molecule has 0 bridgehead atoms. The van der Waals surface area contributed by atoms with E-state index >= 15 is 0 Å². The lowest BCUT2D eigenvalue weighted by Crippen LogP contribution is -2.38. The Morgan fingerprint density at radius 1 is 1.11 bits per heavy atom. The van der Waals surface area contributed by atoms with E-state index in [1.54, 1.807) is 60.5 Å². The largest absolute Gasteiger partial charge is 0.497 e. The number of hydrogen-bond donors (Lipinski definition) is 0. The number of amides is 1. The van der Waals surface area contributed by atoms with Crippen LogP contribution in [0.1, 0.15) is 42.5 Å². The van der Waals surface area contributed by atoms with Gasteiger partial charge in [0.1, 0.15) is 17.4 Å². The molecule has 0 saturated heterocycles. The van der Waals surface area contributed by atoms with E-state index in [-0.39, 0.29) is 16.5 Å². The van der Waals surface area contributed by atoms with Gasteiger partial charge in [0.25, 0.3) is 11.5 Å². The molecule has 4 rings (SSSR count). The summed E-state index contributed by atoms with van der Waals surface area (Å²) in [5.41, 5.74) is 1.06. The number of ether oxygens (including phenoxy) is 1. The predicted octanol–water partition coefficient (Wildman–Crippen LogP) is 5.80. The standard InChI is InChI=1S/C27H25ClFN3O3/c1-4-24(31(5-2)26(33)17-10-13-19(35-3)14-11-17)25-30-23-9-7-6-8-20(23)27(34)32(25)18-12-15-22(29)21(28)16-18/h6-16,24H,4-5H2,1-3H3. The summed E-state index contributed by atoms with van der Waals surface area (Å²) in [6, 6.07) is 17.4. The van der Waals surface area contributed by atoms with Gasteiger partial charge < -0.3 is 9.64 Å². The number of rotatable bonds is 7. The third-order valence-electron chi connectivity index (χ3n) is 5.96. The lowest BCUT2D eigenvalue weighted by atomic mass is 10.1. The van der Waals surface area contributed by atoms with Crippen molar-refractivity contribution < 1.29 is 13.9 Å². The molecule has 0 spiro atoms. The third-order valence-corrected chi connectivity index (χ3v) is 6.25. The average molecular weight is 494 g/mol. The highest BCUT2D eigenvalue weighted by Gasteiger charge is 2.29. The number of para-hydroxylation sites is 1. The van der Waals surface area contributed by atoms with Crippen LogP contribution in [0.2, 0.25) is 5.02 Å². The van der Waals surface area contributed by atoms with Crippen molar-refractivity contribution in [1.82, 2.24) is 14.5 Å². The normalized spacial score (nSPS) is 11.9. The molecular weight excluding hydrogens is 469 g/mol. The Bertz CT molecular complexity index is 1440.